The fourth-order valence-electron chi connectivity index (χ4n) is 7.05. The highest BCUT2D eigenvalue weighted by molar-refractivity contribution is 6.01. The Labute approximate surface area is 231 Å². The van der Waals surface area contributed by atoms with Crippen LogP contribution >= 0.6 is 0 Å². The number of phenols is 1. The van der Waals surface area contributed by atoms with Gasteiger partial charge in [0.05, 0.1) is 10.9 Å². The number of aromatic nitrogens is 3. The van der Waals surface area contributed by atoms with E-state index >= 15 is 4.39 Å². The third kappa shape index (κ3) is 4.22. The Balaban J connectivity index is 1.35. The molecular formula is C31H33F2N5O2. The van der Waals surface area contributed by atoms with Crippen LogP contribution in [0.25, 0.3) is 32.9 Å². The summed E-state index contributed by atoms with van der Waals surface area (Å²) < 4.78 is 37.1. The first-order chi connectivity index (χ1) is 19.4. The molecule has 9 heteroatoms. The van der Waals surface area contributed by atoms with Crippen molar-refractivity contribution < 1.29 is 18.6 Å². The second kappa shape index (κ2) is 9.80. The maximum absolute atomic E-state index is 16.5. The van der Waals surface area contributed by atoms with Gasteiger partial charge < -0.3 is 14.7 Å². The van der Waals surface area contributed by atoms with E-state index in [-0.39, 0.29) is 35.1 Å². The molecule has 3 aliphatic heterocycles. The maximum atomic E-state index is 16.5. The van der Waals surface area contributed by atoms with Gasteiger partial charge in [-0.3, -0.25) is 9.88 Å². The lowest BCUT2D eigenvalue weighted by Crippen LogP contribution is -2.43. The van der Waals surface area contributed by atoms with Crippen LogP contribution in [0.3, 0.4) is 0 Å². The highest BCUT2D eigenvalue weighted by atomic mass is 19.1. The maximum Gasteiger partial charge on any atom is 0.319 e. The van der Waals surface area contributed by atoms with Crippen molar-refractivity contribution in [2.45, 2.75) is 57.2 Å². The van der Waals surface area contributed by atoms with Gasteiger partial charge in [-0.15, -0.1) is 0 Å². The number of hydrogen-bond acceptors (Lipinski definition) is 7. The van der Waals surface area contributed by atoms with E-state index in [4.69, 9.17) is 9.72 Å². The monoisotopic (exact) mass is 545 g/mol. The summed E-state index contributed by atoms with van der Waals surface area (Å²) in [6, 6.07) is 9.09. The largest absolute Gasteiger partial charge is 0.508 e. The predicted molar refractivity (Wildman–Crippen MR) is 151 cm³/mol. The zero-order chi connectivity index (χ0) is 27.4. The van der Waals surface area contributed by atoms with E-state index in [0.717, 1.165) is 68.1 Å². The Hall–Kier alpha value is -3.59. The number of aromatic hydroxyl groups is 1. The lowest BCUT2D eigenvalue weighted by Gasteiger charge is -2.31. The fraction of sp³-hybridized carbons (Fsp3) is 0.452. The highest BCUT2D eigenvalue weighted by Crippen LogP contribution is 2.41. The molecule has 4 aromatic rings. The number of hydrogen-bond donors (Lipinski definition) is 1. The molecule has 40 heavy (non-hydrogen) atoms. The van der Waals surface area contributed by atoms with Crippen molar-refractivity contribution in [2.24, 2.45) is 0 Å². The molecule has 0 amide bonds. The Bertz CT molecular complexity index is 1610. The number of alkyl halides is 1. The number of ether oxygens (including phenoxy) is 1. The summed E-state index contributed by atoms with van der Waals surface area (Å²) in [6.07, 6.45) is 6.29. The number of rotatable bonds is 5. The minimum atomic E-state index is -0.864. The summed E-state index contributed by atoms with van der Waals surface area (Å²) in [5.41, 5.74) is 1.36. The first-order valence-electron chi connectivity index (χ1n) is 14.3. The van der Waals surface area contributed by atoms with Gasteiger partial charge in [-0.05, 0) is 74.0 Å². The molecule has 0 spiro atoms. The third-order valence-corrected chi connectivity index (χ3v) is 8.96. The molecule has 3 saturated heterocycles. The van der Waals surface area contributed by atoms with Gasteiger partial charge >= 0.3 is 6.01 Å². The first kappa shape index (κ1) is 25.4. The molecule has 0 aliphatic carbocycles. The molecule has 2 aromatic carbocycles. The molecule has 2 atom stereocenters. The number of pyridine rings is 1. The van der Waals surface area contributed by atoms with E-state index in [1.807, 2.05) is 25.1 Å². The highest BCUT2D eigenvalue weighted by Gasteiger charge is 2.49. The quantitative estimate of drug-likeness (QED) is 0.333. The van der Waals surface area contributed by atoms with Crippen LogP contribution in [0.1, 0.15) is 44.1 Å². The van der Waals surface area contributed by atoms with Crippen molar-refractivity contribution in [3.8, 4) is 23.0 Å². The molecule has 2 aromatic heterocycles. The summed E-state index contributed by atoms with van der Waals surface area (Å²) in [5, 5.41) is 12.6. The molecule has 0 saturated carbocycles. The van der Waals surface area contributed by atoms with Gasteiger partial charge in [0.15, 0.2) is 5.82 Å². The summed E-state index contributed by atoms with van der Waals surface area (Å²) in [6.45, 7) is 5.15. The normalized spacial score (nSPS) is 23.3. The number of anilines is 1. The van der Waals surface area contributed by atoms with Crippen molar-refractivity contribution in [1.29, 1.82) is 0 Å². The fourth-order valence-corrected chi connectivity index (χ4v) is 7.05. The zero-order valence-electron chi connectivity index (χ0n) is 22.7. The first-order valence-corrected chi connectivity index (χ1v) is 14.3. The van der Waals surface area contributed by atoms with Crippen molar-refractivity contribution in [3.63, 3.8) is 0 Å². The van der Waals surface area contributed by atoms with Crippen LogP contribution in [0.5, 0.6) is 11.8 Å². The Morgan fingerprint density at radius 3 is 2.80 bits per heavy atom. The van der Waals surface area contributed by atoms with Crippen molar-refractivity contribution >= 4 is 27.5 Å². The van der Waals surface area contributed by atoms with Gasteiger partial charge in [0.25, 0.3) is 0 Å². The van der Waals surface area contributed by atoms with Crippen molar-refractivity contribution in [2.75, 3.05) is 37.7 Å². The summed E-state index contributed by atoms with van der Waals surface area (Å²) in [5.74, 6) is 0.0758. The van der Waals surface area contributed by atoms with E-state index in [2.05, 4.69) is 19.8 Å². The number of piperidine rings is 1. The van der Waals surface area contributed by atoms with Crippen molar-refractivity contribution in [1.82, 2.24) is 19.9 Å². The molecule has 7 rings (SSSR count). The van der Waals surface area contributed by atoms with Crippen LogP contribution in [0.4, 0.5) is 14.6 Å². The van der Waals surface area contributed by atoms with Crippen LogP contribution in [-0.2, 0) is 0 Å². The van der Waals surface area contributed by atoms with Gasteiger partial charge in [0, 0.05) is 37.8 Å². The zero-order valence-corrected chi connectivity index (χ0v) is 22.7. The van der Waals surface area contributed by atoms with E-state index in [1.165, 1.54) is 0 Å². The molecule has 1 N–H and O–H groups in total. The number of fused-ring (bicyclic) bond motifs is 3. The van der Waals surface area contributed by atoms with Crippen molar-refractivity contribution in [3.05, 3.63) is 47.9 Å². The molecule has 0 unspecified atom stereocenters. The van der Waals surface area contributed by atoms with E-state index < -0.39 is 12.0 Å². The summed E-state index contributed by atoms with van der Waals surface area (Å²) >= 11 is 0. The smallest absolute Gasteiger partial charge is 0.319 e. The Morgan fingerprint density at radius 1 is 1.10 bits per heavy atom. The van der Waals surface area contributed by atoms with Gasteiger partial charge in [0.2, 0.25) is 0 Å². The average Bonchev–Trinajstić information content (AvgIpc) is 3.47. The number of benzene rings is 2. The molecule has 3 aliphatic rings. The summed E-state index contributed by atoms with van der Waals surface area (Å²) in [4.78, 5) is 18.3. The minimum Gasteiger partial charge on any atom is -0.508 e. The molecule has 7 nitrogen and oxygen atoms in total. The minimum absolute atomic E-state index is 0.0400. The number of aryl methyl sites for hydroxylation is 1. The van der Waals surface area contributed by atoms with Crippen LogP contribution in [0.2, 0.25) is 0 Å². The Kier molecular flexibility index (Phi) is 6.22. The van der Waals surface area contributed by atoms with Crippen LogP contribution in [0, 0.1) is 12.7 Å². The molecular weight excluding hydrogens is 512 g/mol. The second-order valence-electron chi connectivity index (χ2n) is 11.6. The molecule has 0 bridgehead atoms. The SMILES string of the molecule is Cc1cccc2cc(O)cc(-c3ncc4c(N5CCCCC5)nc(OC[C@@]56CCCN5C[C@H](F)C6)nc4c3F)c12. The van der Waals surface area contributed by atoms with Gasteiger partial charge in [-0.1, -0.05) is 18.2 Å². The Morgan fingerprint density at radius 2 is 1.95 bits per heavy atom. The lowest BCUT2D eigenvalue weighted by atomic mass is 9.95. The average molecular weight is 546 g/mol. The standard InChI is InChI=1S/C31H33F2N5O2/c1-19-7-5-8-20-13-22(39)14-23(25(19)20)27-26(33)28-24(16-34-27)29(37-10-3-2-4-11-37)36-30(35-28)40-18-31-9-6-12-38(31)17-21(32)15-31/h5,7-8,13-14,16,21,39H,2-4,6,9-12,15,17-18H2,1H3/t21-,31+/m1/s1. The van der Waals surface area contributed by atoms with Crippen LogP contribution in [0.15, 0.2) is 36.5 Å². The number of halogens is 2. The summed E-state index contributed by atoms with van der Waals surface area (Å²) in [7, 11) is 0. The second-order valence-corrected chi connectivity index (χ2v) is 11.6. The topological polar surface area (TPSA) is 74.6 Å². The van der Waals surface area contributed by atoms with Gasteiger partial charge in [0.1, 0.15) is 35.6 Å². The number of phenolic OH excluding ortho intramolecular Hbond substituents is 1. The number of nitrogens with zero attached hydrogens (tertiary/aromatic N) is 5. The van der Waals surface area contributed by atoms with E-state index in [1.54, 1.807) is 18.3 Å². The van der Waals surface area contributed by atoms with Crippen LogP contribution < -0.4 is 9.64 Å². The molecule has 5 heterocycles. The van der Waals surface area contributed by atoms with Crippen LogP contribution in [-0.4, -0.2) is 69.5 Å². The van der Waals surface area contributed by atoms with Gasteiger partial charge in [-0.2, -0.15) is 9.97 Å². The molecule has 3 fully saturated rings. The molecule has 208 valence electrons. The van der Waals surface area contributed by atoms with Gasteiger partial charge in [-0.25, -0.2) is 8.78 Å². The van der Waals surface area contributed by atoms with E-state index in [9.17, 15) is 9.50 Å². The molecule has 0 radical (unpaired) electrons. The third-order valence-electron chi connectivity index (χ3n) is 8.96. The lowest BCUT2D eigenvalue weighted by molar-refractivity contribution is 0.107. The predicted octanol–water partition coefficient (Wildman–Crippen LogP) is 5.94. The van der Waals surface area contributed by atoms with E-state index in [0.29, 0.717) is 29.7 Å².